The lowest BCUT2D eigenvalue weighted by Gasteiger charge is -2.15. The first-order chi connectivity index (χ1) is 12.4. The Labute approximate surface area is 165 Å². The monoisotopic (exact) mass is 413 g/mol. The summed E-state index contributed by atoms with van der Waals surface area (Å²) in [5.41, 5.74) is 0.778. The number of ether oxygens (including phenoxy) is 1. The average molecular weight is 414 g/mol. The quantitative estimate of drug-likeness (QED) is 0.512. The van der Waals surface area contributed by atoms with Gasteiger partial charge in [-0.05, 0) is 36.1 Å². The van der Waals surface area contributed by atoms with Gasteiger partial charge >= 0.3 is 5.97 Å². The molecular formula is C18H17Cl2NO4S. The van der Waals surface area contributed by atoms with Crippen LogP contribution >= 0.6 is 34.5 Å². The number of esters is 1. The first kappa shape index (κ1) is 20.4. The van der Waals surface area contributed by atoms with Crippen LogP contribution in [0.2, 0.25) is 10.0 Å². The predicted octanol–water partition coefficient (Wildman–Crippen LogP) is 4.44. The second-order valence-electron chi connectivity index (χ2n) is 5.52. The lowest BCUT2D eigenvalue weighted by molar-refractivity contribution is -0.148. The van der Waals surface area contributed by atoms with E-state index in [0.29, 0.717) is 14.9 Å². The van der Waals surface area contributed by atoms with E-state index in [1.165, 1.54) is 11.3 Å². The molecule has 2 rings (SSSR count). The average Bonchev–Trinajstić information content (AvgIpc) is 3.14. The molecule has 0 saturated heterocycles. The SMILES string of the molecule is C[C@@H](NC(=O)COC(=O)CCC(=O)c1cccs1)c1ccc(Cl)c(Cl)c1. The van der Waals surface area contributed by atoms with Crippen molar-refractivity contribution < 1.29 is 19.1 Å². The van der Waals surface area contributed by atoms with Crippen molar-refractivity contribution in [2.45, 2.75) is 25.8 Å². The van der Waals surface area contributed by atoms with Crippen molar-refractivity contribution in [2.24, 2.45) is 0 Å². The summed E-state index contributed by atoms with van der Waals surface area (Å²) in [5.74, 6) is -1.15. The molecule has 0 spiro atoms. The van der Waals surface area contributed by atoms with Crippen LogP contribution in [0.5, 0.6) is 0 Å². The zero-order valence-corrected chi connectivity index (χ0v) is 16.3. The van der Waals surface area contributed by atoms with Crippen molar-refractivity contribution in [2.75, 3.05) is 6.61 Å². The van der Waals surface area contributed by atoms with E-state index in [1.807, 2.05) is 0 Å². The largest absolute Gasteiger partial charge is 0.456 e. The molecule has 1 atom stereocenters. The van der Waals surface area contributed by atoms with Crippen molar-refractivity contribution in [1.82, 2.24) is 5.32 Å². The summed E-state index contributed by atoms with van der Waals surface area (Å²) in [6, 6.07) is 8.22. The number of Topliss-reactive ketones (excluding diaryl/α,β-unsaturated/α-hetero) is 1. The summed E-state index contributed by atoms with van der Waals surface area (Å²) >= 11 is 13.1. The van der Waals surface area contributed by atoms with Gasteiger partial charge in [0.05, 0.1) is 27.4 Å². The van der Waals surface area contributed by atoms with Crippen LogP contribution in [-0.2, 0) is 14.3 Å². The third-order valence-corrected chi connectivity index (χ3v) is 5.19. The molecule has 0 saturated carbocycles. The van der Waals surface area contributed by atoms with E-state index in [9.17, 15) is 14.4 Å². The van der Waals surface area contributed by atoms with Gasteiger partial charge in [-0.15, -0.1) is 11.3 Å². The minimum Gasteiger partial charge on any atom is -0.456 e. The minimum atomic E-state index is -0.591. The summed E-state index contributed by atoms with van der Waals surface area (Å²) in [4.78, 5) is 36.0. The number of carbonyl (C=O) groups is 3. The Morgan fingerprint density at radius 3 is 2.58 bits per heavy atom. The summed E-state index contributed by atoms with van der Waals surface area (Å²) in [5, 5.41) is 5.32. The number of hydrogen-bond acceptors (Lipinski definition) is 5. The van der Waals surface area contributed by atoms with E-state index in [1.54, 1.807) is 42.6 Å². The first-order valence-electron chi connectivity index (χ1n) is 7.83. The van der Waals surface area contributed by atoms with Gasteiger partial charge in [0.2, 0.25) is 0 Å². The van der Waals surface area contributed by atoms with Crippen LogP contribution < -0.4 is 5.32 Å². The zero-order chi connectivity index (χ0) is 19.1. The fourth-order valence-electron chi connectivity index (χ4n) is 2.14. The molecule has 1 aromatic heterocycles. The maximum atomic E-state index is 11.9. The lowest BCUT2D eigenvalue weighted by Crippen LogP contribution is -2.31. The van der Waals surface area contributed by atoms with Crippen molar-refractivity contribution >= 4 is 52.2 Å². The van der Waals surface area contributed by atoms with Crippen LogP contribution in [0, 0.1) is 0 Å². The molecule has 5 nitrogen and oxygen atoms in total. The Bertz CT molecular complexity index is 792. The second-order valence-corrected chi connectivity index (χ2v) is 7.29. The number of thiophene rings is 1. The minimum absolute atomic E-state index is 0.0562. The van der Waals surface area contributed by atoms with Gasteiger partial charge < -0.3 is 10.1 Å². The van der Waals surface area contributed by atoms with Gasteiger partial charge in [0.25, 0.3) is 5.91 Å². The van der Waals surface area contributed by atoms with E-state index in [4.69, 9.17) is 27.9 Å². The molecule has 0 aliphatic rings. The van der Waals surface area contributed by atoms with E-state index in [2.05, 4.69) is 5.32 Å². The topological polar surface area (TPSA) is 72.5 Å². The van der Waals surface area contributed by atoms with Crippen molar-refractivity contribution in [3.63, 3.8) is 0 Å². The molecule has 0 radical (unpaired) electrons. The highest BCUT2D eigenvalue weighted by Crippen LogP contribution is 2.25. The van der Waals surface area contributed by atoms with Gasteiger partial charge in [-0.25, -0.2) is 0 Å². The Morgan fingerprint density at radius 2 is 1.92 bits per heavy atom. The maximum Gasteiger partial charge on any atom is 0.306 e. The van der Waals surface area contributed by atoms with Gasteiger partial charge in [-0.2, -0.15) is 0 Å². The van der Waals surface area contributed by atoms with Crippen LogP contribution in [0.15, 0.2) is 35.7 Å². The molecule has 0 unspecified atom stereocenters. The van der Waals surface area contributed by atoms with E-state index in [-0.39, 0.29) is 24.7 Å². The molecule has 0 aliphatic heterocycles. The Balaban J connectivity index is 1.72. The van der Waals surface area contributed by atoms with Crippen molar-refractivity contribution in [3.05, 3.63) is 56.2 Å². The molecule has 2 aromatic rings. The standard InChI is InChI=1S/C18H17Cl2NO4S/c1-11(12-4-5-13(19)14(20)9-12)21-17(23)10-25-18(24)7-6-15(22)16-3-2-8-26-16/h2-5,8-9,11H,6-7,10H2,1H3,(H,21,23)/t11-/m1/s1. The van der Waals surface area contributed by atoms with Crippen LogP contribution in [-0.4, -0.2) is 24.3 Å². The number of ketones is 1. The van der Waals surface area contributed by atoms with Gasteiger partial charge in [-0.1, -0.05) is 35.3 Å². The first-order valence-corrected chi connectivity index (χ1v) is 9.47. The molecule has 1 aromatic carbocycles. The van der Waals surface area contributed by atoms with Crippen molar-refractivity contribution in [1.29, 1.82) is 0 Å². The fourth-order valence-corrected chi connectivity index (χ4v) is 3.14. The maximum absolute atomic E-state index is 11.9. The number of nitrogens with one attached hydrogen (secondary N) is 1. The Kier molecular flexibility index (Phi) is 7.63. The van der Waals surface area contributed by atoms with Crippen molar-refractivity contribution in [3.8, 4) is 0 Å². The lowest BCUT2D eigenvalue weighted by atomic mass is 10.1. The third kappa shape index (κ3) is 6.12. The van der Waals surface area contributed by atoms with Crippen LogP contribution in [0.4, 0.5) is 0 Å². The van der Waals surface area contributed by atoms with Gasteiger partial charge in [0.15, 0.2) is 12.4 Å². The van der Waals surface area contributed by atoms with Crippen LogP contribution in [0.25, 0.3) is 0 Å². The highest BCUT2D eigenvalue weighted by atomic mass is 35.5. The third-order valence-electron chi connectivity index (χ3n) is 3.54. The van der Waals surface area contributed by atoms with Crippen LogP contribution in [0.3, 0.4) is 0 Å². The summed E-state index contributed by atoms with van der Waals surface area (Å²) in [6.45, 7) is 1.37. The Hall–Kier alpha value is -1.89. The van der Waals surface area contributed by atoms with E-state index in [0.717, 1.165) is 5.56 Å². The Morgan fingerprint density at radius 1 is 1.15 bits per heavy atom. The van der Waals surface area contributed by atoms with E-state index < -0.39 is 18.5 Å². The van der Waals surface area contributed by atoms with Gasteiger partial charge in [0.1, 0.15) is 0 Å². The molecule has 1 amide bonds. The molecule has 0 bridgehead atoms. The molecular weight excluding hydrogens is 397 g/mol. The summed E-state index contributed by atoms with van der Waals surface area (Å²) in [7, 11) is 0. The normalized spacial score (nSPS) is 11.7. The zero-order valence-electron chi connectivity index (χ0n) is 14.0. The van der Waals surface area contributed by atoms with E-state index >= 15 is 0 Å². The summed E-state index contributed by atoms with van der Waals surface area (Å²) < 4.78 is 4.90. The number of amides is 1. The predicted molar refractivity (Wildman–Crippen MR) is 102 cm³/mol. The molecule has 138 valence electrons. The van der Waals surface area contributed by atoms with Gasteiger partial charge in [-0.3, -0.25) is 14.4 Å². The number of rotatable bonds is 8. The second kappa shape index (κ2) is 9.71. The number of halogens is 2. The molecule has 0 fully saturated rings. The highest BCUT2D eigenvalue weighted by molar-refractivity contribution is 7.12. The number of benzene rings is 1. The molecule has 1 N–H and O–H groups in total. The van der Waals surface area contributed by atoms with Crippen LogP contribution in [0.1, 0.15) is 41.0 Å². The molecule has 26 heavy (non-hydrogen) atoms. The highest BCUT2D eigenvalue weighted by Gasteiger charge is 2.14. The molecule has 8 heteroatoms. The smallest absolute Gasteiger partial charge is 0.306 e. The number of carbonyl (C=O) groups excluding carboxylic acids is 3. The molecule has 0 aliphatic carbocycles. The summed E-state index contributed by atoms with van der Waals surface area (Å²) in [6.07, 6.45) is -0.00694. The fraction of sp³-hybridized carbons (Fsp3) is 0.278. The number of hydrogen-bond donors (Lipinski definition) is 1. The molecule has 1 heterocycles. The van der Waals surface area contributed by atoms with Gasteiger partial charge in [0, 0.05) is 6.42 Å².